The normalized spacial score (nSPS) is 12.4. The van der Waals surface area contributed by atoms with Gasteiger partial charge < -0.3 is 5.73 Å². The topological polar surface area (TPSA) is 38.9 Å². The molecule has 0 saturated heterocycles. The van der Waals surface area contributed by atoms with Crippen LogP contribution in [0, 0.1) is 18.6 Å². The van der Waals surface area contributed by atoms with Crippen molar-refractivity contribution in [2.75, 3.05) is 0 Å². The number of rotatable bonds is 3. The summed E-state index contributed by atoms with van der Waals surface area (Å²) in [7, 11) is 0. The lowest BCUT2D eigenvalue weighted by molar-refractivity contribution is 0.569. The molecule has 0 amide bonds. The fourth-order valence-corrected chi connectivity index (χ4v) is 1.92. The summed E-state index contributed by atoms with van der Waals surface area (Å²) in [6.45, 7) is 1.89. The van der Waals surface area contributed by atoms with Gasteiger partial charge in [-0.05, 0) is 48.7 Å². The molecule has 0 bridgehead atoms. The molecule has 1 aromatic carbocycles. The first-order valence-electron chi connectivity index (χ1n) is 5.69. The van der Waals surface area contributed by atoms with E-state index in [1.165, 1.54) is 6.07 Å². The maximum Gasteiger partial charge on any atom is 0.126 e. The Morgan fingerprint density at radius 2 is 2.06 bits per heavy atom. The zero-order chi connectivity index (χ0) is 13.1. The van der Waals surface area contributed by atoms with Crippen molar-refractivity contribution in [3.63, 3.8) is 0 Å². The van der Waals surface area contributed by atoms with Gasteiger partial charge in [0.1, 0.15) is 11.6 Å². The molecule has 1 unspecified atom stereocenters. The lowest BCUT2D eigenvalue weighted by Crippen LogP contribution is -2.17. The van der Waals surface area contributed by atoms with Crippen LogP contribution in [0.3, 0.4) is 0 Å². The molecule has 0 spiro atoms. The van der Waals surface area contributed by atoms with E-state index in [1.807, 2.05) is 19.1 Å². The SMILES string of the molecule is Cc1cccnc1C(N)Cc1cc(F)ccc1F. The Kier molecular flexibility index (Phi) is 3.67. The number of halogens is 2. The Bertz CT molecular complexity index is 555. The predicted molar refractivity (Wildman–Crippen MR) is 66.0 cm³/mol. The highest BCUT2D eigenvalue weighted by Gasteiger charge is 2.14. The van der Waals surface area contributed by atoms with E-state index in [0.29, 0.717) is 5.69 Å². The average Bonchev–Trinajstić information content (AvgIpc) is 2.34. The van der Waals surface area contributed by atoms with Gasteiger partial charge in [-0.25, -0.2) is 8.78 Å². The summed E-state index contributed by atoms with van der Waals surface area (Å²) in [5, 5.41) is 0. The highest BCUT2D eigenvalue weighted by Crippen LogP contribution is 2.19. The van der Waals surface area contributed by atoms with Crippen LogP contribution >= 0.6 is 0 Å². The standard InChI is InChI=1S/C14H14F2N2/c1-9-3-2-6-18-14(9)13(17)8-10-7-11(15)4-5-12(10)16/h2-7,13H,8,17H2,1H3. The van der Waals surface area contributed by atoms with Crippen LogP contribution in [0.15, 0.2) is 36.5 Å². The lowest BCUT2D eigenvalue weighted by atomic mass is 10.0. The van der Waals surface area contributed by atoms with Crippen LogP contribution in [0.5, 0.6) is 0 Å². The van der Waals surface area contributed by atoms with Gasteiger partial charge in [0, 0.05) is 6.20 Å². The maximum atomic E-state index is 13.5. The summed E-state index contributed by atoms with van der Waals surface area (Å²) < 4.78 is 26.6. The molecule has 0 saturated carbocycles. The molecule has 0 aliphatic carbocycles. The first-order chi connectivity index (χ1) is 8.58. The zero-order valence-electron chi connectivity index (χ0n) is 10.0. The molecule has 1 atom stereocenters. The van der Waals surface area contributed by atoms with E-state index in [0.717, 1.165) is 17.7 Å². The number of nitrogens with zero attached hydrogens (tertiary/aromatic N) is 1. The van der Waals surface area contributed by atoms with Crippen LogP contribution in [0.4, 0.5) is 8.78 Å². The number of hydrogen-bond acceptors (Lipinski definition) is 2. The molecular weight excluding hydrogens is 234 g/mol. The maximum absolute atomic E-state index is 13.5. The minimum absolute atomic E-state index is 0.224. The van der Waals surface area contributed by atoms with E-state index in [9.17, 15) is 8.78 Å². The van der Waals surface area contributed by atoms with Crippen molar-refractivity contribution in [1.29, 1.82) is 0 Å². The molecule has 2 N–H and O–H groups in total. The summed E-state index contributed by atoms with van der Waals surface area (Å²) in [5.74, 6) is -0.906. The summed E-state index contributed by atoms with van der Waals surface area (Å²) in [6, 6.07) is 6.65. The molecule has 0 radical (unpaired) electrons. The molecular formula is C14H14F2N2. The predicted octanol–water partition coefficient (Wildman–Crippen LogP) is 2.91. The van der Waals surface area contributed by atoms with Gasteiger partial charge in [-0.3, -0.25) is 4.98 Å². The second kappa shape index (κ2) is 5.23. The van der Waals surface area contributed by atoms with Crippen LogP contribution in [-0.4, -0.2) is 4.98 Å². The van der Waals surface area contributed by atoms with Crippen LogP contribution in [0.1, 0.15) is 22.9 Å². The van der Waals surface area contributed by atoms with E-state index in [1.54, 1.807) is 6.20 Å². The third-order valence-electron chi connectivity index (χ3n) is 2.85. The van der Waals surface area contributed by atoms with Crippen LogP contribution in [-0.2, 0) is 6.42 Å². The number of nitrogens with two attached hydrogens (primary N) is 1. The number of aryl methyl sites for hydroxylation is 1. The van der Waals surface area contributed by atoms with Crippen molar-refractivity contribution in [3.05, 3.63) is 65.0 Å². The van der Waals surface area contributed by atoms with Gasteiger partial charge in [-0.1, -0.05) is 6.07 Å². The minimum Gasteiger partial charge on any atom is -0.322 e. The minimum atomic E-state index is -0.462. The fourth-order valence-electron chi connectivity index (χ4n) is 1.92. The number of benzene rings is 1. The van der Waals surface area contributed by atoms with Crippen LogP contribution in [0.2, 0.25) is 0 Å². The Labute approximate surface area is 104 Å². The van der Waals surface area contributed by atoms with Gasteiger partial charge in [-0.15, -0.1) is 0 Å². The van der Waals surface area contributed by atoms with Gasteiger partial charge in [0.2, 0.25) is 0 Å². The third-order valence-corrected chi connectivity index (χ3v) is 2.85. The number of pyridine rings is 1. The average molecular weight is 248 g/mol. The molecule has 4 heteroatoms. The molecule has 94 valence electrons. The second-order valence-corrected chi connectivity index (χ2v) is 4.25. The van der Waals surface area contributed by atoms with E-state index < -0.39 is 17.7 Å². The van der Waals surface area contributed by atoms with Crippen molar-refractivity contribution in [1.82, 2.24) is 4.98 Å². The van der Waals surface area contributed by atoms with Crippen LogP contribution < -0.4 is 5.73 Å². The highest BCUT2D eigenvalue weighted by atomic mass is 19.1. The fraction of sp³-hybridized carbons (Fsp3) is 0.214. The van der Waals surface area contributed by atoms with Gasteiger partial charge in [0.15, 0.2) is 0 Å². The molecule has 2 nitrogen and oxygen atoms in total. The first kappa shape index (κ1) is 12.6. The number of hydrogen-bond donors (Lipinski definition) is 1. The largest absolute Gasteiger partial charge is 0.322 e. The lowest BCUT2D eigenvalue weighted by Gasteiger charge is -2.14. The summed E-state index contributed by atoms with van der Waals surface area (Å²) in [4.78, 5) is 4.19. The van der Waals surface area contributed by atoms with Crippen molar-refractivity contribution < 1.29 is 8.78 Å². The monoisotopic (exact) mass is 248 g/mol. The summed E-state index contributed by atoms with van der Waals surface area (Å²) in [6.07, 6.45) is 1.87. The van der Waals surface area contributed by atoms with Gasteiger partial charge >= 0.3 is 0 Å². The van der Waals surface area contributed by atoms with Gasteiger partial charge in [-0.2, -0.15) is 0 Å². The molecule has 0 fully saturated rings. The molecule has 0 aliphatic heterocycles. The molecule has 2 rings (SSSR count). The van der Waals surface area contributed by atoms with Crippen LogP contribution in [0.25, 0.3) is 0 Å². The van der Waals surface area contributed by atoms with Crippen molar-refractivity contribution in [2.24, 2.45) is 5.73 Å². The first-order valence-corrected chi connectivity index (χ1v) is 5.69. The van der Waals surface area contributed by atoms with Gasteiger partial charge in [0.05, 0.1) is 11.7 Å². The highest BCUT2D eigenvalue weighted by molar-refractivity contribution is 5.25. The van der Waals surface area contributed by atoms with E-state index in [2.05, 4.69) is 4.98 Å². The molecule has 18 heavy (non-hydrogen) atoms. The Morgan fingerprint density at radius 1 is 1.28 bits per heavy atom. The molecule has 0 aliphatic rings. The molecule has 1 heterocycles. The number of aromatic nitrogens is 1. The quantitative estimate of drug-likeness (QED) is 0.907. The third kappa shape index (κ3) is 2.71. The zero-order valence-corrected chi connectivity index (χ0v) is 10.0. The van der Waals surface area contributed by atoms with Crippen molar-refractivity contribution in [2.45, 2.75) is 19.4 Å². The summed E-state index contributed by atoms with van der Waals surface area (Å²) in [5.41, 5.74) is 7.92. The molecule has 1 aromatic heterocycles. The molecule has 2 aromatic rings. The van der Waals surface area contributed by atoms with Crippen molar-refractivity contribution in [3.8, 4) is 0 Å². The smallest absolute Gasteiger partial charge is 0.126 e. The van der Waals surface area contributed by atoms with Gasteiger partial charge in [0.25, 0.3) is 0 Å². The van der Waals surface area contributed by atoms with E-state index in [-0.39, 0.29) is 12.0 Å². The summed E-state index contributed by atoms with van der Waals surface area (Å²) >= 11 is 0. The Hall–Kier alpha value is -1.81. The Balaban J connectivity index is 2.24. The Morgan fingerprint density at radius 3 is 2.78 bits per heavy atom. The van der Waals surface area contributed by atoms with Crippen molar-refractivity contribution >= 4 is 0 Å². The second-order valence-electron chi connectivity index (χ2n) is 4.25. The van der Waals surface area contributed by atoms with E-state index in [4.69, 9.17) is 5.73 Å². The van der Waals surface area contributed by atoms with E-state index >= 15 is 0 Å².